The van der Waals surface area contributed by atoms with Crippen LogP contribution in [0.4, 0.5) is 0 Å². The van der Waals surface area contributed by atoms with Gasteiger partial charge in [-0.05, 0) is 74.2 Å². The number of unbranched alkanes of at least 4 members (excludes halogenated alkanes) is 1. The van der Waals surface area contributed by atoms with Crippen molar-refractivity contribution in [2.45, 2.75) is 131 Å². The van der Waals surface area contributed by atoms with Crippen LogP contribution in [0.2, 0.25) is 0 Å². The summed E-state index contributed by atoms with van der Waals surface area (Å²) in [6.07, 6.45) is 12.2. The smallest absolute Gasteiger partial charge is 0.0787 e. The topological polar surface area (TPSA) is 18.5 Å². The summed E-state index contributed by atoms with van der Waals surface area (Å²) in [7, 11) is 0. The first kappa shape index (κ1) is 26.7. The Morgan fingerprint density at radius 3 is 2.29 bits per heavy atom. The second-order valence-corrected chi connectivity index (χ2v) is 11.1. The molecule has 9 atom stereocenters. The maximum absolute atomic E-state index is 6.66. The maximum Gasteiger partial charge on any atom is 0.0787 e. The van der Waals surface area contributed by atoms with Crippen LogP contribution in [0, 0.1) is 29.6 Å². The first-order chi connectivity index (χ1) is 14.7. The summed E-state index contributed by atoms with van der Waals surface area (Å²) in [5, 5.41) is 0. The van der Waals surface area contributed by atoms with Gasteiger partial charge in [-0.2, -0.15) is 0 Å². The Kier molecular flexibility index (Phi) is 10.8. The Bertz CT molecular complexity index is 567. The Labute approximate surface area is 194 Å². The molecule has 2 aliphatic rings. The molecule has 180 valence electrons. The van der Waals surface area contributed by atoms with Gasteiger partial charge < -0.3 is 9.47 Å². The number of ether oxygens (including phenoxy) is 2. The molecule has 0 aromatic carbocycles. The summed E-state index contributed by atoms with van der Waals surface area (Å²) < 4.78 is 12.6. The Morgan fingerprint density at radius 1 is 1.00 bits per heavy atom. The molecular formula is C29H52O2. The Hall–Kier alpha value is -0.600. The van der Waals surface area contributed by atoms with E-state index in [0.29, 0.717) is 48.1 Å². The van der Waals surface area contributed by atoms with E-state index in [-0.39, 0.29) is 0 Å². The molecule has 31 heavy (non-hydrogen) atoms. The molecule has 0 saturated carbocycles. The fourth-order valence-corrected chi connectivity index (χ4v) is 5.91. The van der Waals surface area contributed by atoms with E-state index in [9.17, 15) is 0 Å². The summed E-state index contributed by atoms with van der Waals surface area (Å²) >= 11 is 0. The zero-order valence-corrected chi connectivity index (χ0v) is 21.8. The second kappa shape index (κ2) is 12.6. The van der Waals surface area contributed by atoms with Crippen molar-refractivity contribution in [3.63, 3.8) is 0 Å². The number of rotatable bonds is 13. The minimum atomic E-state index is 0.295. The van der Waals surface area contributed by atoms with Gasteiger partial charge in [0.15, 0.2) is 0 Å². The van der Waals surface area contributed by atoms with Crippen molar-refractivity contribution in [2.75, 3.05) is 0 Å². The molecule has 0 N–H and O–H groups in total. The van der Waals surface area contributed by atoms with E-state index >= 15 is 0 Å². The van der Waals surface area contributed by atoms with Gasteiger partial charge in [-0.15, -0.1) is 0 Å². The Morgan fingerprint density at radius 2 is 1.71 bits per heavy atom. The fraction of sp³-hybridized carbons (Fsp3) is 0.862. The van der Waals surface area contributed by atoms with E-state index in [1.54, 1.807) is 0 Å². The molecule has 0 aromatic heterocycles. The van der Waals surface area contributed by atoms with E-state index < -0.39 is 0 Å². The van der Waals surface area contributed by atoms with Gasteiger partial charge in [0.1, 0.15) is 0 Å². The SMILES string of the molecule is C=C1C[C@H](C)OC1CCCC[C@@H](C)C(=C)[C@H](C)C[C@@H]1O[C@H](CC(C)CC)[C@H](C)[C@H]1CC. The van der Waals surface area contributed by atoms with Gasteiger partial charge >= 0.3 is 0 Å². The number of hydrogen-bond donors (Lipinski definition) is 0. The molecule has 2 rings (SSSR count). The van der Waals surface area contributed by atoms with Crippen molar-refractivity contribution in [1.29, 1.82) is 0 Å². The van der Waals surface area contributed by atoms with Crippen molar-refractivity contribution in [1.82, 2.24) is 0 Å². The van der Waals surface area contributed by atoms with Gasteiger partial charge in [-0.25, -0.2) is 0 Å². The summed E-state index contributed by atoms with van der Waals surface area (Å²) in [6.45, 7) is 25.1. The molecule has 0 radical (unpaired) electrons. The molecule has 2 heterocycles. The van der Waals surface area contributed by atoms with Crippen LogP contribution < -0.4 is 0 Å². The zero-order valence-electron chi connectivity index (χ0n) is 21.8. The number of allylic oxidation sites excluding steroid dienone is 1. The fourth-order valence-electron chi connectivity index (χ4n) is 5.91. The van der Waals surface area contributed by atoms with Crippen LogP contribution >= 0.6 is 0 Å². The van der Waals surface area contributed by atoms with Crippen molar-refractivity contribution in [3.8, 4) is 0 Å². The van der Waals surface area contributed by atoms with E-state index in [1.165, 1.54) is 49.7 Å². The third-order valence-corrected chi connectivity index (χ3v) is 8.50. The quantitative estimate of drug-likeness (QED) is 0.215. The lowest BCUT2D eigenvalue weighted by atomic mass is 9.79. The maximum atomic E-state index is 6.66. The molecule has 0 bridgehead atoms. The van der Waals surface area contributed by atoms with Crippen LogP contribution in [0.5, 0.6) is 0 Å². The summed E-state index contributed by atoms with van der Waals surface area (Å²) in [5.41, 5.74) is 2.72. The molecule has 2 heteroatoms. The summed E-state index contributed by atoms with van der Waals surface area (Å²) in [4.78, 5) is 0. The van der Waals surface area contributed by atoms with Gasteiger partial charge in [0.05, 0.1) is 24.4 Å². The van der Waals surface area contributed by atoms with Gasteiger partial charge in [0, 0.05) is 0 Å². The lowest BCUT2D eigenvalue weighted by Gasteiger charge is -2.26. The van der Waals surface area contributed by atoms with Crippen LogP contribution in [0.1, 0.15) is 106 Å². The van der Waals surface area contributed by atoms with Crippen LogP contribution in [0.3, 0.4) is 0 Å². The highest BCUT2D eigenvalue weighted by molar-refractivity contribution is 5.08. The zero-order chi connectivity index (χ0) is 23.1. The highest BCUT2D eigenvalue weighted by Gasteiger charge is 2.41. The lowest BCUT2D eigenvalue weighted by molar-refractivity contribution is 0.00777. The first-order valence-corrected chi connectivity index (χ1v) is 13.3. The molecule has 0 spiro atoms. The molecule has 2 nitrogen and oxygen atoms in total. The third-order valence-electron chi connectivity index (χ3n) is 8.50. The second-order valence-electron chi connectivity index (χ2n) is 11.1. The van der Waals surface area contributed by atoms with Gasteiger partial charge in [0.25, 0.3) is 0 Å². The van der Waals surface area contributed by atoms with Crippen molar-refractivity contribution in [2.24, 2.45) is 29.6 Å². The van der Waals surface area contributed by atoms with Crippen LogP contribution in [-0.2, 0) is 9.47 Å². The number of hydrogen-bond acceptors (Lipinski definition) is 2. The first-order valence-electron chi connectivity index (χ1n) is 13.3. The lowest BCUT2D eigenvalue weighted by Crippen LogP contribution is -2.23. The van der Waals surface area contributed by atoms with Crippen molar-refractivity contribution < 1.29 is 9.47 Å². The standard InChI is InChI=1S/C29H52O2/c1-10-19(3)16-28-25(9)26(11-2)29(31-28)18-21(5)24(8)20(4)14-12-13-15-27-22(6)17-23(7)30-27/h19-21,23,25-29H,6,8,10-18H2,1-5,7,9H3/t19?,20-,21-,23+,25-,26-,27?,28-,29+/m1/s1. The van der Waals surface area contributed by atoms with Crippen molar-refractivity contribution >= 4 is 0 Å². The van der Waals surface area contributed by atoms with Crippen LogP contribution in [0.25, 0.3) is 0 Å². The average molecular weight is 433 g/mol. The van der Waals surface area contributed by atoms with E-state index in [0.717, 1.165) is 25.2 Å². The van der Waals surface area contributed by atoms with E-state index in [2.05, 4.69) is 61.6 Å². The monoisotopic (exact) mass is 432 g/mol. The van der Waals surface area contributed by atoms with E-state index in [1.807, 2.05) is 0 Å². The van der Waals surface area contributed by atoms with Gasteiger partial charge in [-0.1, -0.05) is 86.0 Å². The summed E-state index contributed by atoms with van der Waals surface area (Å²) in [6, 6.07) is 0. The average Bonchev–Trinajstić information content (AvgIpc) is 3.21. The minimum Gasteiger partial charge on any atom is -0.374 e. The van der Waals surface area contributed by atoms with Crippen LogP contribution in [0.15, 0.2) is 24.3 Å². The molecule has 2 fully saturated rings. The summed E-state index contributed by atoms with van der Waals surface area (Å²) in [5.74, 6) is 3.24. The highest BCUT2D eigenvalue weighted by atomic mass is 16.5. The molecule has 2 aliphatic heterocycles. The molecule has 0 aliphatic carbocycles. The van der Waals surface area contributed by atoms with Gasteiger partial charge in [0.2, 0.25) is 0 Å². The predicted octanol–water partition coefficient (Wildman–Crippen LogP) is 8.36. The predicted molar refractivity (Wildman–Crippen MR) is 134 cm³/mol. The largest absolute Gasteiger partial charge is 0.374 e. The highest BCUT2D eigenvalue weighted by Crippen LogP contribution is 2.41. The Balaban J connectivity index is 1.76. The van der Waals surface area contributed by atoms with E-state index in [4.69, 9.17) is 9.47 Å². The molecule has 0 amide bonds. The van der Waals surface area contributed by atoms with Gasteiger partial charge in [-0.3, -0.25) is 0 Å². The third kappa shape index (κ3) is 7.46. The molecule has 2 unspecified atom stereocenters. The van der Waals surface area contributed by atoms with Crippen molar-refractivity contribution in [3.05, 3.63) is 24.3 Å². The van der Waals surface area contributed by atoms with Crippen LogP contribution in [-0.4, -0.2) is 24.4 Å². The normalized spacial score (nSPS) is 34.1. The molecular weight excluding hydrogens is 380 g/mol. The molecule has 2 saturated heterocycles. The molecule has 0 aromatic rings. The minimum absolute atomic E-state index is 0.295.